The molecular weight excluding hydrogens is 212 g/mol. The van der Waals surface area contributed by atoms with Gasteiger partial charge in [-0.1, -0.05) is 44.2 Å². The van der Waals surface area contributed by atoms with Gasteiger partial charge in [-0.15, -0.1) is 0 Å². The van der Waals surface area contributed by atoms with E-state index in [1.165, 1.54) is 31.9 Å². The molecule has 84 valence electrons. The van der Waals surface area contributed by atoms with Crippen molar-refractivity contribution in [2.24, 2.45) is 0 Å². The third-order valence-corrected chi connectivity index (χ3v) is 2.26. The van der Waals surface area contributed by atoms with Crippen LogP contribution in [-0.2, 0) is 0 Å². The van der Waals surface area contributed by atoms with Gasteiger partial charge in [-0.25, -0.2) is 0 Å². The van der Waals surface area contributed by atoms with Gasteiger partial charge in [0.05, 0.1) is 19.0 Å². The van der Waals surface area contributed by atoms with Crippen LogP contribution in [-0.4, -0.2) is 16.6 Å². The van der Waals surface area contributed by atoms with Crippen LogP contribution in [0, 0.1) is 0 Å². The summed E-state index contributed by atoms with van der Waals surface area (Å²) in [6.07, 6.45) is 9.20. The summed E-state index contributed by atoms with van der Waals surface area (Å²) in [5.41, 5.74) is 0. The molecule has 0 atom stereocenters. The zero-order valence-electron chi connectivity index (χ0n) is 9.08. The Morgan fingerprint density at radius 2 is 2.00 bits per heavy atom. The van der Waals surface area contributed by atoms with Crippen LogP contribution < -0.4 is 4.74 Å². The lowest BCUT2D eigenvalue weighted by molar-refractivity contribution is 0.292. The average molecular weight is 229 g/mol. The maximum Gasteiger partial charge on any atom is 0.233 e. The third kappa shape index (κ3) is 5.57. The van der Waals surface area contributed by atoms with Crippen molar-refractivity contribution in [2.45, 2.75) is 39.0 Å². The van der Waals surface area contributed by atoms with Crippen LogP contribution in [0.1, 0.15) is 39.0 Å². The predicted molar refractivity (Wildman–Crippen MR) is 61.3 cm³/mol. The Morgan fingerprint density at radius 1 is 1.20 bits per heavy atom. The van der Waals surface area contributed by atoms with E-state index >= 15 is 0 Å². The minimum atomic E-state index is 0.374. The van der Waals surface area contributed by atoms with Gasteiger partial charge in [0.15, 0.2) is 5.15 Å². The molecule has 1 aromatic heterocycles. The second-order valence-electron chi connectivity index (χ2n) is 3.44. The third-order valence-electron chi connectivity index (χ3n) is 2.08. The number of hydrogen-bond acceptors (Lipinski definition) is 3. The fourth-order valence-electron chi connectivity index (χ4n) is 1.28. The van der Waals surface area contributed by atoms with Crippen LogP contribution in [0.3, 0.4) is 0 Å². The van der Waals surface area contributed by atoms with Gasteiger partial charge < -0.3 is 4.74 Å². The highest BCUT2D eigenvalue weighted by molar-refractivity contribution is 6.29. The van der Waals surface area contributed by atoms with Crippen molar-refractivity contribution >= 4 is 11.6 Å². The molecule has 4 heteroatoms. The minimum absolute atomic E-state index is 0.374. The molecule has 3 nitrogen and oxygen atoms in total. The van der Waals surface area contributed by atoms with Crippen LogP contribution in [0.5, 0.6) is 5.88 Å². The lowest BCUT2D eigenvalue weighted by Gasteiger charge is -2.04. The van der Waals surface area contributed by atoms with Gasteiger partial charge in [-0.05, 0) is 6.42 Å². The molecule has 0 bridgehead atoms. The monoisotopic (exact) mass is 228 g/mol. The van der Waals surface area contributed by atoms with Crippen LogP contribution >= 0.6 is 11.6 Å². The number of aromatic nitrogens is 2. The van der Waals surface area contributed by atoms with Crippen molar-refractivity contribution < 1.29 is 4.74 Å². The van der Waals surface area contributed by atoms with E-state index in [1.807, 2.05) is 0 Å². The van der Waals surface area contributed by atoms with Gasteiger partial charge >= 0.3 is 0 Å². The molecule has 15 heavy (non-hydrogen) atoms. The molecule has 0 N–H and O–H groups in total. The van der Waals surface area contributed by atoms with Crippen molar-refractivity contribution in [2.75, 3.05) is 6.61 Å². The van der Waals surface area contributed by atoms with Gasteiger partial charge in [0.25, 0.3) is 0 Å². The number of hydrogen-bond donors (Lipinski definition) is 0. The smallest absolute Gasteiger partial charge is 0.233 e. The van der Waals surface area contributed by atoms with E-state index in [1.54, 1.807) is 6.20 Å². The molecule has 1 heterocycles. The quantitative estimate of drug-likeness (QED) is 0.671. The lowest BCUT2D eigenvalue weighted by Crippen LogP contribution is -1.99. The molecular formula is C11H17ClN2O. The zero-order valence-corrected chi connectivity index (χ0v) is 9.83. The molecule has 1 rings (SSSR count). The van der Waals surface area contributed by atoms with E-state index < -0.39 is 0 Å². The van der Waals surface area contributed by atoms with E-state index in [0.717, 1.165) is 6.42 Å². The van der Waals surface area contributed by atoms with E-state index in [9.17, 15) is 0 Å². The first-order chi connectivity index (χ1) is 7.33. The van der Waals surface area contributed by atoms with Crippen molar-refractivity contribution in [3.8, 4) is 5.88 Å². The van der Waals surface area contributed by atoms with Crippen LogP contribution in [0.25, 0.3) is 0 Å². The zero-order chi connectivity index (χ0) is 10.9. The minimum Gasteiger partial charge on any atom is -0.477 e. The lowest BCUT2D eigenvalue weighted by atomic mass is 10.2. The van der Waals surface area contributed by atoms with Crippen LogP contribution in [0.4, 0.5) is 0 Å². The van der Waals surface area contributed by atoms with E-state index in [4.69, 9.17) is 16.3 Å². The molecule has 0 amide bonds. The van der Waals surface area contributed by atoms with Gasteiger partial charge in [0.1, 0.15) is 0 Å². The molecule has 0 aliphatic carbocycles. The Kier molecular flexibility index (Phi) is 6.09. The maximum atomic E-state index is 5.67. The standard InChI is InChI=1S/C11H17ClN2O/c1-2-3-4-5-6-7-15-11-9-13-8-10(12)14-11/h8-9H,2-7H2,1H3. The first kappa shape index (κ1) is 12.2. The summed E-state index contributed by atoms with van der Waals surface area (Å²) >= 11 is 5.67. The Bertz CT molecular complexity index is 281. The normalized spacial score (nSPS) is 10.3. The highest BCUT2D eigenvalue weighted by atomic mass is 35.5. The number of rotatable bonds is 7. The average Bonchev–Trinajstić information content (AvgIpc) is 2.23. The molecule has 0 saturated carbocycles. The first-order valence-electron chi connectivity index (χ1n) is 5.43. The topological polar surface area (TPSA) is 35.0 Å². The Morgan fingerprint density at radius 3 is 2.73 bits per heavy atom. The summed E-state index contributed by atoms with van der Waals surface area (Å²) in [4.78, 5) is 7.88. The van der Waals surface area contributed by atoms with Crippen LogP contribution in [0.15, 0.2) is 12.4 Å². The number of ether oxygens (including phenoxy) is 1. The molecule has 0 aromatic carbocycles. The number of nitrogens with zero attached hydrogens (tertiary/aromatic N) is 2. The molecule has 0 aliphatic heterocycles. The van der Waals surface area contributed by atoms with E-state index in [-0.39, 0.29) is 0 Å². The number of halogens is 1. The Labute approximate surface area is 95.8 Å². The molecule has 0 radical (unpaired) electrons. The maximum absolute atomic E-state index is 5.67. The van der Waals surface area contributed by atoms with Gasteiger partial charge in [-0.3, -0.25) is 4.98 Å². The van der Waals surface area contributed by atoms with Crippen LogP contribution in [0.2, 0.25) is 5.15 Å². The molecule has 0 spiro atoms. The van der Waals surface area contributed by atoms with Crippen molar-refractivity contribution in [3.05, 3.63) is 17.5 Å². The molecule has 0 fully saturated rings. The van der Waals surface area contributed by atoms with E-state index in [0.29, 0.717) is 17.6 Å². The van der Waals surface area contributed by atoms with Gasteiger partial charge in [0, 0.05) is 0 Å². The SMILES string of the molecule is CCCCCCCOc1cncc(Cl)n1. The first-order valence-corrected chi connectivity index (χ1v) is 5.81. The highest BCUT2D eigenvalue weighted by Gasteiger charge is 1.97. The van der Waals surface area contributed by atoms with Crippen molar-refractivity contribution in [3.63, 3.8) is 0 Å². The second-order valence-corrected chi connectivity index (χ2v) is 3.83. The molecule has 1 aromatic rings. The molecule has 0 unspecified atom stereocenters. The predicted octanol–water partition coefficient (Wildman–Crippen LogP) is 3.48. The summed E-state index contributed by atoms with van der Waals surface area (Å²) in [6, 6.07) is 0. The van der Waals surface area contributed by atoms with Gasteiger partial charge in [0.2, 0.25) is 5.88 Å². The Balaban J connectivity index is 2.10. The van der Waals surface area contributed by atoms with Gasteiger partial charge in [-0.2, -0.15) is 4.98 Å². The summed E-state index contributed by atoms with van der Waals surface area (Å²) in [5, 5.41) is 0.374. The fraction of sp³-hybridized carbons (Fsp3) is 0.636. The summed E-state index contributed by atoms with van der Waals surface area (Å²) < 4.78 is 5.41. The summed E-state index contributed by atoms with van der Waals surface area (Å²) in [7, 11) is 0. The van der Waals surface area contributed by atoms with E-state index in [2.05, 4.69) is 16.9 Å². The van der Waals surface area contributed by atoms with Crippen molar-refractivity contribution in [1.29, 1.82) is 0 Å². The summed E-state index contributed by atoms with van der Waals surface area (Å²) in [6.45, 7) is 2.90. The fourth-order valence-corrected chi connectivity index (χ4v) is 1.42. The summed E-state index contributed by atoms with van der Waals surface area (Å²) in [5.74, 6) is 0.512. The van der Waals surface area contributed by atoms with Crippen molar-refractivity contribution in [1.82, 2.24) is 9.97 Å². The second kappa shape index (κ2) is 7.46. The largest absolute Gasteiger partial charge is 0.477 e. The Hall–Kier alpha value is -0.830. The number of unbranched alkanes of at least 4 members (excludes halogenated alkanes) is 4. The molecule has 0 aliphatic rings. The molecule has 0 saturated heterocycles. The highest BCUT2D eigenvalue weighted by Crippen LogP contribution is 2.10.